The lowest BCUT2D eigenvalue weighted by atomic mass is 9.90. The van der Waals surface area contributed by atoms with Crippen molar-refractivity contribution in [3.05, 3.63) is 58.3 Å². The molecule has 0 bridgehead atoms. The summed E-state index contributed by atoms with van der Waals surface area (Å²) in [6.07, 6.45) is 0.569. The molecule has 174 valence electrons. The third kappa shape index (κ3) is 5.02. The van der Waals surface area contributed by atoms with Crippen molar-refractivity contribution < 1.29 is 22.8 Å². The second-order valence-corrected chi connectivity index (χ2v) is 8.90. The van der Waals surface area contributed by atoms with Crippen LogP contribution in [0.25, 0.3) is 0 Å². The normalized spacial score (nSPS) is 20.4. The molecule has 0 saturated heterocycles. The molecule has 1 aromatic carbocycles. The Morgan fingerprint density at radius 1 is 1.30 bits per heavy atom. The zero-order valence-electron chi connectivity index (χ0n) is 17.5. The van der Waals surface area contributed by atoms with Crippen LogP contribution >= 0.6 is 15.9 Å². The number of rotatable bonds is 5. The quantitative estimate of drug-likeness (QED) is 0.551. The van der Waals surface area contributed by atoms with E-state index in [2.05, 4.69) is 43.1 Å². The van der Waals surface area contributed by atoms with E-state index in [0.29, 0.717) is 24.2 Å². The number of nitrogens with zero attached hydrogens (tertiary/aromatic N) is 3. The first kappa shape index (κ1) is 23.2. The Labute approximate surface area is 196 Å². The second-order valence-electron chi connectivity index (χ2n) is 8.05. The summed E-state index contributed by atoms with van der Waals surface area (Å²) in [6, 6.07) is 4.99. The van der Waals surface area contributed by atoms with Gasteiger partial charge in [0.15, 0.2) is 5.69 Å². The van der Waals surface area contributed by atoms with Crippen LogP contribution in [0.4, 0.5) is 24.8 Å². The third-order valence-corrected chi connectivity index (χ3v) is 6.41. The van der Waals surface area contributed by atoms with Crippen molar-refractivity contribution in [2.45, 2.75) is 50.5 Å². The van der Waals surface area contributed by atoms with Crippen LogP contribution in [0.5, 0.6) is 0 Å². The van der Waals surface area contributed by atoms with Gasteiger partial charge in [0.2, 0.25) is 11.9 Å². The van der Waals surface area contributed by atoms with E-state index in [1.165, 1.54) is 0 Å². The minimum Gasteiger partial charge on any atom is -0.351 e. The van der Waals surface area contributed by atoms with E-state index in [1.807, 2.05) is 6.07 Å². The molecule has 2 atom stereocenters. The molecule has 11 heteroatoms. The van der Waals surface area contributed by atoms with Gasteiger partial charge < -0.3 is 15.5 Å². The molecule has 1 saturated carbocycles. The molecule has 0 spiro atoms. The summed E-state index contributed by atoms with van der Waals surface area (Å²) in [7, 11) is 0. The molecule has 2 heterocycles. The molecule has 0 unspecified atom stereocenters. The van der Waals surface area contributed by atoms with E-state index < -0.39 is 11.9 Å². The molecule has 2 aromatic rings. The van der Waals surface area contributed by atoms with E-state index in [1.54, 1.807) is 17.0 Å². The predicted octanol–water partition coefficient (Wildman–Crippen LogP) is 4.76. The van der Waals surface area contributed by atoms with Crippen LogP contribution in [0, 0.1) is 0 Å². The fourth-order valence-corrected chi connectivity index (χ4v) is 4.70. The maximum absolute atomic E-state index is 13.1. The van der Waals surface area contributed by atoms with Gasteiger partial charge in [-0.2, -0.15) is 13.2 Å². The van der Waals surface area contributed by atoms with Crippen LogP contribution in [0.1, 0.15) is 47.3 Å². The molecule has 2 amide bonds. The van der Waals surface area contributed by atoms with Crippen molar-refractivity contribution in [1.29, 1.82) is 0 Å². The number of benzene rings is 1. The smallest absolute Gasteiger partial charge is 0.351 e. The Morgan fingerprint density at radius 2 is 2.09 bits per heavy atom. The van der Waals surface area contributed by atoms with Crippen molar-refractivity contribution in [1.82, 2.24) is 14.9 Å². The zero-order valence-corrected chi connectivity index (χ0v) is 19.0. The minimum atomic E-state index is -4.59. The lowest BCUT2D eigenvalue weighted by Crippen LogP contribution is -2.42. The zero-order chi connectivity index (χ0) is 23.8. The van der Waals surface area contributed by atoms with Crippen LogP contribution in [-0.2, 0) is 17.5 Å². The van der Waals surface area contributed by atoms with Gasteiger partial charge in [0.05, 0.1) is 4.47 Å². The standard InChI is InChI=1S/C22H21BrF3N5O2/c1-2-18(32)28-14-7-6-12-11-31(20(33)16(12)9-14)15-5-3-4-13(8-15)29-21-27-10-17(23)19(30-21)22(24,25)26/h2,6-7,9-10,13,15H,1,3-5,8,11H2,(H,28,32)(H,27,29,30)/t13-,15+/m1/s1. The van der Waals surface area contributed by atoms with E-state index >= 15 is 0 Å². The van der Waals surface area contributed by atoms with Crippen LogP contribution in [0.3, 0.4) is 0 Å². The Kier molecular flexibility index (Phi) is 6.42. The second kappa shape index (κ2) is 9.12. The minimum absolute atomic E-state index is 0.0695. The van der Waals surface area contributed by atoms with Gasteiger partial charge >= 0.3 is 6.18 Å². The maximum atomic E-state index is 13.1. The van der Waals surface area contributed by atoms with Gasteiger partial charge in [-0.25, -0.2) is 9.97 Å². The van der Waals surface area contributed by atoms with Crippen LogP contribution in [0.2, 0.25) is 0 Å². The number of anilines is 2. The number of fused-ring (bicyclic) bond motifs is 1. The monoisotopic (exact) mass is 523 g/mol. The summed E-state index contributed by atoms with van der Waals surface area (Å²) in [5.41, 5.74) is 0.900. The van der Waals surface area contributed by atoms with E-state index in [4.69, 9.17) is 0 Å². The number of alkyl halides is 3. The summed E-state index contributed by atoms with van der Waals surface area (Å²) < 4.78 is 39.2. The largest absolute Gasteiger partial charge is 0.434 e. The van der Waals surface area contributed by atoms with Crippen LogP contribution in [-0.4, -0.2) is 38.8 Å². The van der Waals surface area contributed by atoms with Gasteiger partial charge in [-0.1, -0.05) is 12.6 Å². The Balaban J connectivity index is 1.45. The SMILES string of the molecule is C=CC(=O)Nc1ccc2c(c1)C(=O)N([C@H]1CCC[C@@H](Nc3ncc(Br)c(C(F)(F)F)n3)C1)C2. The number of aromatic nitrogens is 2. The number of hydrogen-bond donors (Lipinski definition) is 2. The first-order chi connectivity index (χ1) is 15.7. The highest BCUT2D eigenvalue weighted by Crippen LogP contribution is 2.35. The molecule has 1 fully saturated rings. The molecule has 2 N–H and O–H groups in total. The van der Waals surface area contributed by atoms with Gasteiger partial charge in [0.25, 0.3) is 5.91 Å². The molecule has 1 aliphatic heterocycles. The average Bonchev–Trinajstić information content (AvgIpc) is 3.10. The number of carbonyl (C=O) groups excluding carboxylic acids is 2. The van der Waals surface area contributed by atoms with Crippen molar-refractivity contribution in [3.8, 4) is 0 Å². The van der Waals surface area contributed by atoms with E-state index in [9.17, 15) is 22.8 Å². The third-order valence-electron chi connectivity index (χ3n) is 5.83. The highest BCUT2D eigenvalue weighted by atomic mass is 79.9. The van der Waals surface area contributed by atoms with Crippen molar-refractivity contribution in [3.63, 3.8) is 0 Å². The highest BCUT2D eigenvalue weighted by molar-refractivity contribution is 9.10. The predicted molar refractivity (Wildman–Crippen MR) is 120 cm³/mol. The number of hydrogen-bond acceptors (Lipinski definition) is 5. The van der Waals surface area contributed by atoms with Gasteiger partial charge in [0, 0.05) is 36.1 Å². The molecule has 7 nitrogen and oxygen atoms in total. The summed E-state index contributed by atoms with van der Waals surface area (Å²) in [4.78, 5) is 34.0. The molecule has 0 radical (unpaired) electrons. The topological polar surface area (TPSA) is 87.2 Å². The molecule has 33 heavy (non-hydrogen) atoms. The molecule has 4 rings (SSSR count). The molecule has 1 aliphatic carbocycles. The summed E-state index contributed by atoms with van der Waals surface area (Å²) in [5, 5.41) is 5.66. The number of halogens is 4. The average molecular weight is 524 g/mol. The van der Waals surface area contributed by atoms with Gasteiger partial charge in [-0.15, -0.1) is 0 Å². The van der Waals surface area contributed by atoms with Gasteiger partial charge in [0.1, 0.15) is 0 Å². The van der Waals surface area contributed by atoms with Crippen LogP contribution in [0.15, 0.2) is 41.5 Å². The first-order valence-corrected chi connectivity index (χ1v) is 11.2. The van der Waals surface area contributed by atoms with Crippen molar-refractivity contribution >= 4 is 39.4 Å². The highest BCUT2D eigenvalue weighted by Gasteiger charge is 2.37. The van der Waals surface area contributed by atoms with Crippen LogP contribution < -0.4 is 10.6 Å². The maximum Gasteiger partial charge on any atom is 0.434 e. The van der Waals surface area contributed by atoms with Gasteiger partial charge in [-0.05, 0) is 65.4 Å². The number of nitrogens with one attached hydrogen (secondary N) is 2. The Hall–Kier alpha value is -2.95. The lowest BCUT2D eigenvalue weighted by molar-refractivity contribution is -0.141. The first-order valence-electron chi connectivity index (χ1n) is 10.4. The van der Waals surface area contributed by atoms with Crippen molar-refractivity contribution in [2.75, 3.05) is 10.6 Å². The number of amides is 2. The molecular weight excluding hydrogens is 503 g/mol. The van der Waals surface area contributed by atoms with Crippen molar-refractivity contribution in [2.24, 2.45) is 0 Å². The van der Waals surface area contributed by atoms with E-state index in [-0.39, 0.29) is 34.3 Å². The molecule has 2 aliphatic rings. The Morgan fingerprint density at radius 3 is 2.82 bits per heavy atom. The Bertz CT molecular complexity index is 1110. The fraction of sp³-hybridized carbons (Fsp3) is 0.364. The lowest BCUT2D eigenvalue weighted by Gasteiger charge is -2.35. The molecular formula is C22H21BrF3N5O2. The summed E-state index contributed by atoms with van der Waals surface area (Å²) >= 11 is 2.84. The van der Waals surface area contributed by atoms with Gasteiger partial charge in [-0.3, -0.25) is 9.59 Å². The molecule has 1 aromatic heterocycles. The number of carbonyl (C=O) groups is 2. The summed E-state index contributed by atoms with van der Waals surface area (Å²) in [5.74, 6) is -0.568. The summed E-state index contributed by atoms with van der Waals surface area (Å²) in [6.45, 7) is 3.87. The fourth-order valence-electron chi connectivity index (χ4n) is 4.29. The van der Waals surface area contributed by atoms with E-state index in [0.717, 1.165) is 37.1 Å².